The van der Waals surface area contributed by atoms with Crippen LogP contribution in [0.4, 0.5) is 0 Å². The van der Waals surface area contributed by atoms with Gasteiger partial charge >= 0.3 is 0 Å². The van der Waals surface area contributed by atoms with Crippen LogP contribution in [-0.2, 0) is 0 Å². The second-order valence-electron chi connectivity index (χ2n) is 3.90. The van der Waals surface area contributed by atoms with Crippen molar-refractivity contribution < 1.29 is 9.63 Å². The number of phenols is 1. The largest absolute Gasteiger partial charge is 0.508 e. The van der Waals surface area contributed by atoms with Gasteiger partial charge in [0.05, 0.1) is 5.39 Å². The third-order valence-electron chi connectivity index (χ3n) is 2.72. The zero-order valence-corrected chi connectivity index (χ0v) is 9.33. The number of para-hydroxylation sites is 1. The van der Waals surface area contributed by atoms with E-state index in [9.17, 15) is 9.90 Å². The lowest BCUT2D eigenvalue weighted by Gasteiger charge is -2.00. The van der Waals surface area contributed by atoms with E-state index in [0.29, 0.717) is 16.5 Å². The topological polar surface area (TPSA) is 63.3 Å². The monoisotopic (exact) mass is 239 g/mol. The highest BCUT2D eigenvalue weighted by Crippen LogP contribution is 2.19. The maximum absolute atomic E-state index is 12.2. The van der Waals surface area contributed by atoms with Crippen molar-refractivity contribution in [1.82, 2.24) is 5.16 Å². The lowest BCUT2D eigenvalue weighted by atomic mass is 10.1. The molecule has 18 heavy (non-hydrogen) atoms. The lowest BCUT2D eigenvalue weighted by molar-refractivity contribution is 0.444. The summed E-state index contributed by atoms with van der Waals surface area (Å²) in [6.45, 7) is 0. The number of fused-ring (bicyclic) bond motifs is 1. The number of benzene rings is 2. The van der Waals surface area contributed by atoms with Gasteiger partial charge in [-0.2, -0.15) is 0 Å². The van der Waals surface area contributed by atoms with E-state index in [1.807, 2.05) is 0 Å². The highest BCUT2D eigenvalue weighted by Gasteiger charge is 2.10. The summed E-state index contributed by atoms with van der Waals surface area (Å²) in [6.07, 6.45) is 0. The Morgan fingerprint density at radius 3 is 2.50 bits per heavy atom. The van der Waals surface area contributed by atoms with Gasteiger partial charge in [-0.3, -0.25) is 4.79 Å². The molecule has 0 fully saturated rings. The van der Waals surface area contributed by atoms with Crippen LogP contribution in [0.15, 0.2) is 57.8 Å². The first-order valence-corrected chi connectivity index (χ1v) is 5.44. The van der Waals surface area contributed by atoms with Crippen LogP contribution in [0.25, 0.3) is 22.2 Å². The van der Waals surface area contributed by atoms with Crippen molar-refractivity contribution in [2.45, 2.75) is 0 Å². The van der Waals surface area contributed by atoms with Gasteiger partial charge in [0.15, 0.2) is 11.3 Å². The smallest absolute Gasteiger partial charge is 0.219 e. The van der Waals surface area contributed by atoms with Gasteiger partial charge < -0.3 is 9.63 Å². The molecule has 0 bridgehead atoms. The Labute approximate surface area is 102 Å². The SMILES string of the molecule is O=c1c(-c2ccc(O)cc2)noc2ccccc12. The Morgan fingerprint density at radius 2 is 1.72 bits per heavy atom. The first kappa shape index (κ1) is 10.5. The lowest BCUT2D eigenvalue weighted by Crippen LogP contribution is -2.07. The Bertz CT molecular complexity index is 760. The summed E-state index contributed by atoms with van der Waals surface area (Å²) in [6, 6.07) is 13.2. The van der Waals surface area contributed by atoms with E-state index < -0.39 is 0 Å². The molecule has 1 N–H and O–H groups in total. The van der Waals surface area contributed by atoms with Crippen LogP contribution in [0.2, 0.25) is 0 Å². The minimum Gasteiger partial charge on any atom is -0.508 e. The molecular weight excluding hydrogens is 230 g/mol. The fourth-order valence-corrected chi connectivity index (χ4v) is 1.80. The summed E-state index contributed by atoms with van der Waals surface area (Å²) in [4.78, 5) is 12.2. The van der Waals surface area contributed by atoms with E-state index in [2.05, 4.69) is 5.16 Å². The Morgan fingerprint density at radius 1 is 1.00 bits per heavy atom. The van der Waals surface area contributed by atoms with Gasteiger partial charge in [0, 0.05) is 5.56 Å². The Balaban J connectivity index is 2.27. The molecule has 0 unspecified atom stereocenters. The number of phenolic OH excluding ortho intramolecular Hbond substituents is 1. The second-order valence-corrected chi connectivity index (χ2v) is 3.90. The number of rotatable bonds is 1. The minimum atomic E-state index is -0.178. The third-order valence-corrected chi connectivity index (χ3v) is 2.72. The van der Waals surface area contributed by atoms with Gasteiger partial charge in [-0.15, -0.1) is 0 Å². The molecule has 0 amide bonds. The highest BCUT2D eigenvalue weighted by atomic mass is 16.5. The molecule has 1 aromatic heterocycles. The second kappa shape index (κ2) is 4.00. The number of aromatic nitrogens is 1. The third kappa shape index (κ3) is 1.64. The molecule has 4 nitrogen and oxygen atoms in total. The van der Waals surface area contributed by atoms with Crippen LogP contribution < -0.4 is 5.43 Å². The van der Waals surface area contributed by atoms with E-state index in [1.54, 1.807) is 36.4 Å². The van der Waals surface area contributed by atoms with Gasteiger partial charge in [-0.05, 0) is 36.4 Å². The van der Waals surface area contributed by atoms with Crippen LogP contribution in [0.1, 0.15) is 0 Å². The van der Waals surface area contributed by atoms with Gasteiger partial charge in [0.1, 0.15) is 5.75 Å². The molecule has 0 atom stereocenters. The molecule has 88 valence electrons. The van der Waals surface area contributed by atoms with E-state index in [1.165, 1.54) is 12.1 Å². The van der Waals surface area contributed by atoms with Gasteiger partial charge in [-0.1, -0.05) is 17.3 Å². The van der Waals surface area contributed by atoms with Crippen molar-refractivity contribution in [3.8, 4) is 17.0 Å². The van der Waals surface area contributed by atoms with Crippen LogP contribution in [-0.4, -0.2) is 10.3 Å². The number of hydrogen-bond donors (Lipinski definition) is 1. The summed E-state index contributed by atoms with van der Waals surface area (Å²) in [5, 5.41) is 13.6. The number of nitrogens with zero attached hydrogens (tertiary/aromatic N) is 1. The quantitative estimate of drug-likeness (QED) is 0.708. The van der Waals surface area contributed by atoms with Crippen molar-refractivity contribution in [1.29, 1.82) is 0 Å². The van der Waals surface area contributed by atoms with Crippen LogP contribution in [0, 0.1) is 0 Å². The fraction of sp³-hybridized carbons (Fsp3) is 0. The molecule has 1 heterocycles. The molecule has 3 rings (SSSR count). The maximum atomic E-state index is 12.2. The Kier molecular flexibility index (Phi) is 2.34. The summed E-state index contributed by atoms with van der Waals surface area (Å²) >= 11 is 0. The molecule has 3 aromatic rings. The predicted octanol–water partition coefficient (Wildman–Crippen LogP) is 2.56. The molecule has 0 aliphatic rings. The zero-order chi connectivity index (χ0) is 12.5. The maximum Gasteiger partial charge on any atom is 0.219 e. The molecule has 4 heteroatoms. The molecular formula is C14H9NO3. The van der Waals surface area contributed by atoms with E-state index in [-0.39, 0.29) is 16.9 Å². The standard InChI is InChI=1S/C14H9NO3/c16-10-7-5-9(6-8-10)13-14(17)11-3-1-2-4-12(11)18-15-13/h1-8,16H. The van der Waals surface area contributed by atoms with E-state index in [4.69, 9.17) is 4.52 Å². The molecule has 0 saturated carbocycles. The molecule has 0 radical (unpaired) electrons. The van der Waals surface area contributed by atoms with Crippen LogP contribution in [0.5, 0.6) is 5.75 Å². The summed E-state index contributed by atoms with van der Waals surface area (Å²) in [5.74, 6) is 0.143. The average Bonchev–Trinajstić information content (AvgIpc) is 2.41. The predicted molar refractivity (Wildman–Crippen MR) is 67.4 cm³/mol. The molecule has 0 saturated heterocycles. The molecule has 0 aliphatic carbocycles. The molecule has 2 aromatic carbocycles. The fourth-order valence-electron chi connectivity index (χ4n) is 1.80. The summed E-state index contributed by atoms with van der Waals surface area (Å²) < 4.78 is 5.20. The first-order chi connectivity index (χ1) is 8.75. The summed E-state index contributed by atoms with van der Waals surface area (Å²) in [7, 11) is 0. The van der Waals surface area contributed by atoms with Crippen molar-refractivity contribution in [2.24, 2.45) is 0 Å². The van der Waals surface area contributed by atoms with Crippen molar-refractivity contribution in [3.05, 3.63) is 58.8 Å². The van der Waals surface area contributed by atoms with Gasteiger partial charge in [-0.25, -0.2) is 0 Å². The van der Waals surface area contributed by atoms with E-state index in [0.717, 1.165) is 0 Å². The summed E-state index contributed by atoms with van der Waals surface area (Å²) in [5.41, 5.74) is 1.15. The van der Waals surface area contributed by atoms with Crippen LogP contribution >= 0.6 is 0 Å². The minimum absolute atomic E-state index is 0.143. The van der Waals surface area contributed by atoms with Gasteiger partial charge in [0.2, 0.25) is 5.43 Å². The Hall–Kier alpha value is -2.62. The number of aromatic hydroxyl groups is 1. The van der Waals surface area contributed by atoms with Gasteiger partial charge in [0.25, 0.3) is 0 Å². The van der Waals surface area contributed by atoms with Crippen LogP contribution in [0.3, 0.4) is 0 Å². The van der Waals surface area contributed by atoms with E-state index >= 15 is 0 Å². The molecule has 0 spiro atoms. The average molecular weight is 239 g/mol. The van der Waals surface area contributed by atoms with Crippen molar-refractivity contribution in [2.75, 3.05) is 0 Å². The number of hydrogen-bond acceptors (Lipinski definition) is 4. The van der Waals surface area contributed by atoms with Crippen molar-refractivity contribution in [3.63, 3.8) is 0 Å². The highest BCUT2D eigenvalue weighted by molar-refractivity contribution is 5.79. The first-order valence-electron chi connectivity index (χ1n) is 5.44. The zero-order valence-electron chi connectivity index (χ0n) is 9.33. The normalized spacial score (nSPS) is 10.7. The van der Waals surface area contributed by atoms with Crippen molar-refractivity contribution >= 4 is 11.0 Å². The molecule has 0 aliphatic heterocycles.